The van der Waals surface area contributed by atoms with E-state index in [1.807, 2.05) is 29.5 Å². The van der Waals surface area contributed by atoms with E-state index in [0.29, 0.717) is 15.9 Å². The first-order valence-electron chi connectivity index (χ1n) is 3.93. The standard InChI is InChI=1S/C9H9ClFIO/c1-2-5-13-7-4-3-6(12)9(11)8(7)10/h3-4H,2,5H2,1H3. The van der Waals surface area contributed by atoms with Gasteiger partial charge in [0.1, 0.15) is 10.8 Å². The van der Waals surface area contributed by atoms with Crippen LogP contribution in [0.25, 0.3) is 0 Å². The third kappa shape index (κ3) is 2.71. The molecule has 72 valence electrons. The first-order valence-corrected chi connectivity index (χ1v) is 5.38. The lowest BCUT2D eigenvalue weighted by molar-refractivity contribution is 0.316. The lowest BCUT2D eigenvalue weighted by Crippen LogP contribution is -1.97. The van der Waals surface area contributed by atoms with E-state index < -0.39 is 5.82 Å². The van der Waals surface area contributed by atoms with Crippen molar-refractivity contribution in [2.75, 3.05) is 6.61 Å². The topological polar surface area (TPSA) is 9.23 Å². The van der Waals surface area contributed by atoms with Crippen molar-refractivity contribution in [3.8, 4) is 5.75 Å². The Morgan fingerprint density at radius 3 is 2.85 bits per heavy atom. The van der Waals surface area contributed by atoms with Gasteiger partial charge in [-0.05, 0) is 41.1 Å². The van der Waals surface area contributed by atoms with Crippen molar-refractivity contribution in [1.82, 2.24) is 0 Å². The van der Waals surface area contributed by atoms with Crippen molar-refractivity contribution in [3.05, 3.63) is 26.5 Å². The summed E-state index contributed by atoms with van der Waals surface area (Å²) in [4.78, 5) is 0. The van der Waals surface area contributed by atoms with E-state index >= 15 is 0 Å². The molecule has 0 N–H and O–H groups in total. The largest absolute Gasteiger partial charge is 0.492 e. The fraction of sp³-hybridized carbons (Fsp3) is 0.333. The maximum Gasteiger partial charge on any atom is 0.158 e. The molecule has 0 aliphatic heterocycles. The quantitative estimate of drug-likeness (QED) is 0.608. The molecule has 4 heteroatoms. The maximum absolute atomic E-state index is 13.2. The van der Waals surface area contributed by atoms with Gasteiger partial charge in [0, 0.05) is 0 Å². The molecule has 13 heavy (non-hydrogen) atoms. The minimum Gasteiger partial charge on any atom is -0.492 e. The molecule has 0 amide bonds. The molecule has 0 saturated carbocycles. The third-order valence-corrected chi connectivity index (χ3v) is 2.65. The van der Waals surface area contributed by atoms with Crippen LogP contribution in [-0.2, 0) is 0 Å². The van der Waals surface area contributed by atoms with Gasteiger partial charge in [0.2, 0.25) is 0 Å². The van der Waals surface area contributed by atoms with Crippen LogP contribution in [0.15, 0.2) is 12.1 Å². The SMILES string of the molecule is CCCOc1ccc(I)c(F)c1Cl. The summed E-state index contributed by atoms with van der Waals surface area (Å²) in [6.45, 7) is 2.54. The van der Waals surface area contributed by atoms with E-state index in [0.717, 1.165) is 6.42 Å². The van der Waals surface area contributed by atoms with Gasteiger partial charge in [-0.15, -0.1) is 0 Å². The minimum atomic E-state index is -0.407. The number of ether oxygens (including phenoxy) is 1. The zero-order valence-electron chi connectivity index (χ0n) is 7.11. The molecule has 0 unspecified atom stereocenters. The Bertz CT molecular complexity index is 304. The van der Waals surface area contributed by atoms with Gasteiger partial charge in [-0.1, -0.05) is 18.5 Å². The highest BCUT2D eigenvalue weighted by Gasteiger charge is 2.10. The average molecular weight is 315 g/mol. The third-order valence-electron chi connectivity index (χ3n) is 1.46. The number of halogens is 3. The molecule has 0 saturated heterocycles. The first kappa shape index (κ1) is 11.0. The Labute approximate surface area is 95.4 Å². The molecule has 0 aromatic heterocycles. The zero-order chi connectivity index (χ0) is 9.84. The summed E-state index contributed by atoms with van der Waals surface area (Å²) >= 11 is 7.62. The Kier molecular flexibility index (Phi) is 4.25. The van der Waals surface area contributed by atoms with Crippen molar-refractivity contribution in [1.29, 1.82) is 0 Å². The van der Waals surface area contributed by atoms with Crippen LogP contribution in [0.2, 0.25) is 5.02 Å². The molecule has 0 bridgehead atoms. The number of rotatable bonds is 3. The Balaban J connectivity index is 2.90. The van der Waals surface area contributed by atoms with Crippen LogP contribution < -0.4 is 4.74 Å². The van der Waals surface area contributed by atoms with E-state index in [1.165, 1.54) is 0 Å². The summed E-state index contributed by atoms with van der Waals surface area (Å²) in [6, 6.07) is 3.33. The van der Waals surface area contributed by atoms with Crippen molar-refractivity contribution < 1.29 is 9.13 Å². The molecule has 0 aliphatic carbocycles. The molecule has 1 rings (SSSR count). The van der Waals surface area contributed by atoms with Crippen molar-refractivity contribution in [3.63, 3.8) is 0 Å². The molecule has 0 radical (unpaired) electrons. The molecule has 1 nitrogen and oxygen atoms in total. The normalized spacial score (nSPS) is 10.2. The van der Waals surface area contributed by atoms with Crippen molar-refractivity contribution in [2.45, 2.75) is 13.3 Å². The van der Waals surface area contributed by atoms with Gasteiger partial charge in [0.15, 0.2) is 5.82 Å². The van der Waals surface area contributed by atoms with Crippen LogP contribution >= 0.6 is 34.2 Å². The molecule has 0 heterocycles. The van der Waals surface area contributed by atoms with Crippen LogP contribution in [0.3, 0.4) is 0 Å². The monoisotopic (exact) mass is 314 g/mol. The smallest absolute Gasteiger partial charge is 0.158 e. The van der Waals surface area contributed by atoms with Crippen molar-refractivity contribution in [2.24, 2.45) is 0 Å². The minimum absolute atomic E-state index is 0.0698. The van der Waals surface area contributed by atoms with E-state index in [2.05, 4.69) is 0 Å². The highest BCUT2D eigenvalue weighted by Crippen LogP contribution is 2.30. The molecule has 0 fully saturated rings. The van der Waals surface area contributed by atoms with Gasteiger partial charge in [0.25, 0.3) is 0 Å². The molecule has 0 aliphatic rings. The van der Waals surface area contributed by atoms with Crippen LogP contribution in [-0.4, -0.2) is 6.61 Å². The predicted octanol–water partition coefficient (Wildman–Crippen LogP) is 3.87. The Morgan fingerprint density at radius 2 is 2.23 bits per heavy atom. The van der Waals surface area contributed by atoms with Gasteiger partial charge in [-0.3, -0.25) is 0 Å². The van der Waals surface area contributed by atoms with E-state index in [9.17, 15) is 4.39 Å². The van der Waals surface area contributed by atoms with Crippen LogP contribution in [0, 0.1) is 9.39 Å². The average Bonchev–Trinajstić information content (AvgIpc) is 2.13. The molecule has 1 aromatic carbocycles. The van der Waals surface area contributed by atoms with E-state index in [-0.39, 0.29) is 5.02 Å². The second-order valence-corrected chi connectivity index (χ2v) is 4.06. The number of hydrogen-bond donors (Lipinski definition) is 0. The number of benzene rings is 1. The summed E-state index contributed by atoms with van der Waals surface area (Å²) in [5, 5.41) is 0.0698. The van der Waals surface area contributed by atoms with Crippen LogP contribution in [0.1, 0.15) is 13.3 Å². The zero-order valence-corrected chi connectivity index (χ0v) is 10.0. The Morgan fingerprint density at radius 1 is 1.54 bits per heavy atom. The second-order valence-electron chi connectivity index (χ2n) is 2.52. The molecular weight excluding hydrogens is 305 g/mol. The van der Waals surface area contributed by atoms with Crippen molar-refractivity contribution >= 4 is 34.2 Å². The lowest BCUT2D eigenvalue weighted by Gasteiger charge is -2.07. The summed E-state index contributed by atoms with van der Waals surface area (Å²) < 4.78 is 19.0. The van der Waals surface area contributed by atoms with Gasteiger partial charge in [-0.25, -0.2) is 4.39 Å². The molecule has 0 spiro atoms. The lowest BCUT2D eigenvalue weighted by atomic mass is 10.3. The predicted molar refractivity (Wildman–Crippen MR) is 59.9 cm³/mol. The summed E-state index contributed by atoms with van der Waals surface area (Å²) in [5.74, 6) is 0.0114. The Hall–Kier alpha value is -0.0300. The van der Waals surface area contributed by atoms with Gasteiger partial charge >= 0.3 is 0 Å². The highest BCUT2D eigenvalue weighted by atomic mass is 127. The fourth-order valence-electron chi connectivity index (χ4n) is 0.832. The summed E-state index contributed by atoms with van der Waals surface area (Å²) in [5.41, 5.74) is 0. The van der Waals surface area contributed by atoms with Gasteiger partial charge in [-0.2, -0.15) is 0 Å². The summed E-state index contributed by atoms with van der Waals surface area (Å²) in [7, 11) is 0. The van der Waals surface area contributed by atoms with E-state index in [1.54, 1.807) is 12.1 Å². The summed E-state index contributed by atoms with van der Waals surface area (Å²) in [6.07, 6.45) is 0.879. The fourth-order valence-corrected chi connectivity index (χ4v) is 1.66. The van der Waals surface area contributed by atoms with Crippen LogP contribution in [0.4, 0.5) is 4.39 Å². The highest BCUT2D eigenvalue weighted by molar-refractivity contribution is 14.1. The van der Waals surface area contributed by atoms with Gasteiger partial charge in [0.05, 0.1) is 10.2 Å². The number of hydrogen-bond acceptors (Lipinski definition) is 1. The van der Waals surface area contributed by atoms with E-state index in [4.69, 9.17) is 16.3 Å². The maximum atomic E-state index is 13.2. The molecule has 0 atom stereocenters. The molecular formula is C9H9ClFIO. The first-order chi connectivity index (χ1) is 6.16. The second kappa shape index (κ2) is 5.00. The molecule has 1 aromatic rings. The van der Waals surface area contributed by atoms with Crippen LogP contribution in [0.5, 0.6) is 5.75 Å². The van der Waals surface area contributed by atoms with Gasteiger partial charge < -0.3 is 4.74 Å².